The molecule has 0 bridgehead atoms. The monoisotopic (exact) mass is 317 g/mol. The molecule has 0 saturated carbocycles. The number of nitrogens with one attached hydrogen (secondary N) is 1. The van der Waals surface area contributed by atoms with E-state index in [1.807, 2.05) is 11.6 Å². The number of carbonyl (C=O) groups is 1. The zero-order valence-corrected chi connectivity index (χ0v) is 12.8. The van der Waals surface area contributed by atoms with Gasteiger partial charge in [0.2, 0.25) is 0 Å². The number of hydrogen-bond acceptors (Lipinski definition) is 6. The lowest BCUT2D eigenvalue weighted by Crippen LogP contribution is -2.16. The minimum absolute atomic E-state index is 0. The number of amides is 1. The molecule has 7 nitrogen and oxygen atoms in total. The highest BCUT2D eigenvalue weighted by atomic mass is 35.5. The number of halogens is 1. The van der Waals surface area contributed by atoms with Crippen molar-refractivity contribution in [3.05, 3.63) is 29.5 Å². The fraction of sp³-hybridized carbons (Fsp3) is 0.364. The van der Waals surface area contributed by atoms with E-state index in [0.717, 1.165) is 11.0 Å². The maximum atomic E-state index is 11.3. The number of furan rings is 1. The maximum Gasteiger partial charge on any atom is 0.286 e. The summed E-state index contributed by atoms with van der Waals surface area (Å²) in [5, 5.41) is 11.3. The van der Waals surface area contributed by atoms with Crippen molar-refractivity contribution in [2.24, 2.45) is 12.8 Å². The third-order valence-electron chi connectivity index (χ3n) is 2.56. The molecule has 0 aromatic carbocycles. The van der Waals surface area contributed by atoms with Crippen LogP contribution in [0.25, 0.3) is 0 Å². The number of nitrogens with two attached hydrogens (primary N) is 1. The van der Waals surface area contributed by atoms with Crippen LogP contribution in [0.3, 0.4) is 0 Å². The van der Waals surface area contributed by atoms with E-state index in [4.69, 9.17) is 10.2 Å². The average Bonchev–Trinajstić information content (AvgIpc) is 3.02. The molecule has 0 aliphatic carbocycles. The summed E-state index contributed by atoms with van der Waals surface area (Å²) in [5.74, 6) is 2.08. The fourth-order valence-electron chi connectivity index (χ4n) is 1.48. The Bertz CT molecular complexity index is 583. The molecule has 0 aliphatic rings. The minimum Gasteiger partial charge on any atom is -0.455 e. The SMILES string of the molecule is CNC(=O)c1ccc(CSc2nnc(CN)n2C)o1.Cl. The van der Waals surface area contributed by atoms with Crippen LogP contribution in [0.5, 0.6) is 0 Å². The van der Waals surface area contributed by atoms with Crippen LogP contribution in [-0.2, 0) is 19.3 Å². The predicted molar refractivity (Wildman–Crippen MR) is 77.8 cm³/mol. The number of thioether (sulfide) groups is 1. The third-order valence-corrected chi connectivity index (χ3v) is 3.61. The smallest absolute Gasteiger partial charge is 0.286 e. The summed E-state index contributed by atoms with van der Waals surface area (Å²) in [4.78, 5) is 11.3. The van der Waals surface area contributed by atoms with Gasteiger partial charge in [0.05, 0.1) is 12.3 Å². The Morgan fingerprint density at radius 3 is 2.85 bits per heavy atom. The molecule has 0 radical (unpaired) electrons. The third kappa shape index (κ3) is 3.53. The van der Waals surface area contributed by atoms with Crippen molar-refractivity contribution in [1.29, 1.82) is 0 Å². The highest BCUT2D eigenvalue weighted by Gasteiger charge is 2.12. The van der Waals surface area contributed by atoms with E-state index in [1.165, 1.54) is 11.8 Å². The van der Waals surface area contributed by atoms with Gasteiger partial charge in [0, 0.05) is 14.1 Å². The zero-order chi connectivity index (χ0) is 13.8. The van der Waals surface area contributed by atoms with Gasteiger partial charge in [-0.2, -0.15) is 0 Å². The van der Waals surface area contributed by atoms with Crippen molar-refractivity contribution in [3.63, 3.8) is 0 Å². The normalized spacial score (nSPS) is 10.2. The largest absolute Gasteiger partial charge is 0.455 e. The van der Waals surface area contributed by atoms with Gasteiger partial charge in [-0.3, -0.25) is 4.79 Å². The molecule has 2 rings (SSSR count). The maximum absolute atomic E-state index is 11.3. The number of carbonyl (C=O) groups excluding carboxylic acids is 1. The Balaban J connectivity index is 0.00000200. The first-order valence-electron chi connectivity index (χ1n) is 5.67. The van der Waals surface area contributed by atoms with Gasteiger partial charge in [0.15, 0.2) is 10.9 Å². The molecular formula is C11H16ClN5O2S. The van der Waals surface area contributed by atoms with E-state index in [2.05, 4.69) is 15.5 Å². The Morgan fingerprint density at radius 2 is 2.25 bits per heavy atom. The van der Waals surface area contributed by atoms with Gasteiger partial charge in [-0.1, -0.05) is 11.8 Å². The molecule has 2 aromatic heterocycles. The van der Waals surface area contributed by atoms with E-state index in [9.17, 15) is 4.79 Å². The van der Waals surface area contributed by atoms with E-state index in [1.54, 1.807) is 19.2 Å². The minimum atomic E-state index is -0.236. The lowest BCUT2D eigenvalue weighted by molar-refractivity contribution is 0.0934. The molecule has 0 aliphatic heterocycles. The first kappa shape index (κ1) is 16.5. The van der Waals surface area contributed by atoms with Crippen molar-refractivity contribution in [2.45, 2.75) is 17.5 Å². The van der Waals surface area contributed by atoms with Gasteiger partial charge < -0.3 is 20.0 Å². The fourth-order valence-corrected chi connectivity index (χ4v) is 2.31. The second-order valence-electron chi connectivity index (χ2n) is 3.80. The van der Waals surface area contributed by atoms with Crippen LogP contribution in [-0.4, -0.2) is 27.7 Å². The number of aromatic nitrogens is 3. The van der Waals surface area contributed by atoms with Crippen LogP contribution in [0.15, 0.2) is 21.7 Å². The summed E-state index contributed by atoms with van der Waals surface area (Å²) in [5.41, 5.74) is 5.53. The molecule has 1 amide bonds. The standard InChI is InChI=1S/C11H15N5O2S.ClH/c1-13-10(17)8-4-3-7(18-8)6-19-11-15-14-9(5-12)16(11)2;/h3-4H,5-6,12H2,1-2H3,(H,13,17);1H. The van der Waals surface area contributed by atoms with Gasteiger partial charge >= 0.3 is 0 Å². The summed E-state index contributed by atoms with van der Waals surface area (Å²) in [6, 6.07) is 3.43. The molecule has 2 aromatic rings. The van der Waals surface area contributed by atoms with Crippen molar-refractivity contribution < 1.29 is 9.21 Å². The summed E-state index contributed by atoms with van der Waals surface area (Å²) < 4.78 is 7.26. The Labute approximate surface area is 126 Å². The van der Waals surface area contributed by atoms with Gasteiger partial charge in [-0.25, -0.2) is 0 Å². The van der Waals surface area contributed by atoms with Crippen LogP contribution in [0.4, 0.5) is 0 Å². The highest BCUT2D eigenvalue weighted by molar-refractivity contribution is 7.98. The lowest BCUT2D eigenvalue weighted by atomic mass is 10.4. The zero-order valence-electron chi connectivity index (χ0n) is 11.1. The summed E-state index contributed by atoms with van der Waals surface area (Å²) in [7, 11) is 3.43. The Kier molecular flexibility index (Phi) is 6.05. The molecular weight excluding hydrogens is 302 g/mol. The van der Waals surface area contributed by atoms with Crippen molar-refractivity contribution >= 4 is 30.1 Å². The molecule has 0 atom stereocenters. The van der Waals surface area contributed by atoms with Crippen LogP contribution >= 0.6 is 24.2 Å². The molecule has 0 saturated heterocycles. The summed E-state index contributed by atoms with van der Waals surface area (Å²) in [6.45, 7) is 0.353. The Hall–Kier alpha value is -1.51. The molecule has 0 fully saturated rings. The second kappa shape index (κ2) is 7.32. The summed E-state index contributed by atoms with van der Waals surface area (Å²) >= 11 is 1.48. The van der Waals surface area contributed by atoms with Crippen molar-refractivity contribution in [3.8, 4) is 0 Å². The second-order valence-corrected chi connectivity index (χ2v) is 4.74. The van der Waals surface area contributed by atoms with Crippen LogP contribution in [0, 0.1) is 0 Å². The van der Waals surface area contributed by atoms with Crippen LogP contribution in [0.2, 0.25) is 0 Å². The number of rotatable bonds is 5. The van der Waals surface area contributed by atoms with Gasteiger partial charge in [-0.15, -0.1) is 22.6 Å². The summed E-state index contributed by atoms with van der Waals surface area (Å²) in [6.07, 6.45) is 0. The molecule has 9 heteroatoms. The predicted octanol–water partition coefficient (Wildman–Crippen LogP) is 0.940. The molecule has 110 valence electrons. The van der Waals surface area contributed by atoms with Gasteiger partial charge in [-0.05, 0) is 12.1 Å². The van der Waals surface area contributed by atoms with Crippen LogP contribution in [0.1, 0.15) is 22.1 Å². The Morgan fingerprint density at radius 1 is 1.50 bits per heavy atom. The van der Waals surface area contributed by atoms with Gasteiger partial charge in [0.25, 0.3) is 5.91 Å². The first-order valence-corrected chi connectivity index (χ1v) is 6.66. The average molecular weight is 318 g/mol. The topological polar surface area (TPSA) is 99.0 Å². The number of nitrogens with zero attached hydrogens (tertiary/aromatic N) is 3. The molecule has 3 N–H and O–H groups in total. The number of hydrogen-bond donors (Lipinski definition) is 2. The lowest BCUT2D eigenvalue weighted by Gasteiger charge is -2.00. The van der Waals surface area contributed by atoms with Gasteiger partial charge in [0.1, 0.15) is 11.6 Å². The van der Waals surface area contributed by atoms with E-state index < -0.39 is 0 Å². The quantitative estimate of drug-likeness (QED) is 0.796. The molecule has 0 spiro atoms. The van der Waals surface area contributed by atoms with Crippen LogP contribution < -0.4 is 11.1 Å². The highest BCUT2D eigenvalue weighted by Crippen LogP contribution is 2.22. The first-order chi connectivity index (χ1) is 9.15. The van der Waals surface area contributed by atoms with Crippen molar-refractivity contribution in [2.75, 3.05) is 7.05 Å². The van der Waals surface area contributed by atoms with Crippen molar-refractivity contribution in [1.82, 2.24) is 20.1 Å². The van der Waals surface area contributed by atoms with E-state index in [-0.39, 0.29) is 18.3 Å². The molecule has 0 unspecified atom stereocenters. The molecule has 20 heavy (non-hydrogen) atoms. The van der Waals surface area contributed by atoms with E-state index >= 15 is 0 Å². The molecule has 2 heterocycles. The van der Waals surface area contributed by atoms with E-state index in [0.29, 0.717) is 23.8 Å².